The third-order valence-electron chi connectivity index (χ3n) is 2.67. The lowest BCUT2D eigenvalue weighted by atomic mass is 10.3. The minimum Gasteiger partial charge on any atom is -0.486 e. The predicted octanol–water partition coefficient (Wildman–Crippen LogP) is 5.24. The molecule has 20 heavy (non-hydrogen) atoms. The normalized spacial score (nSPS) is 11.1. The zero-order chi connectivity index (χ0) is 14.5. The van der Waals surface area contributed by atoms with Crippen LogP contribution in [0.2, 0.25) is 5.02 Å². The lowest BCUT2D eigenvalue weighted by molar-refractivity contribution is 0.310. The Balaban J connectivity index is 1.92. The highest BCUT2D eigenvalue weighted by atomic mass is 79.9. The molecule has 1 aromatic carbocycles. The molecule has 0 aliphatic carbocycles. The summed E-state index contributed by atoms with van der Waals surface area (Å²) in [6.07, 6.45) is 0. The van der Waals surface area contributed by atoms with E-state index in [9.17, 15) is 0 Å². The van der Waals surface area contributed by atoms with E-state index in [2.05, 4.69) is 47.2 Å². The summed E-state index contributed by atoms with van der Waals surface area (Å²) in [7, 11) is 0. The number of halogens is 2. The Morgan fingerprint density at radius 2 is 2.00 bits per heavy atom. The molecule has 0 radical (unpaired) electrons. The van der Waals surface area contributed by atoms with Crippen LogP contribution < -0.4 is 10.1 Å². The van der Waals surface area contributed by atoms with Gasteiger partial charge in [0.25, 0.3) is 0 Å². The molecule has 0 spiro atoms. The number of ether oxygens (including phenoxy) is 1. The molecule has 0 bridgehead atoms. The van der Waals surface area contributed by atoms with Gasteiger partial charge in [-0.1, -0.05) is 41.4 Å². The molecular weight excluding hydrogens is 358 g/mol. The van der Waals surface area contributed by atoms with Crippen molar-refractivity contribution in [3.63, 3.8) is 0 Å². The lowest BCUT2D eigenvalue weighted by Crippen LogP contribution is -2.21. The summed E-state index contributed by atoms with van der Waals surface area (Å²) in [5.41, 5.74) is 0. The topological polar surface area (TPSA) is 21.3 Å². The highest BCUT2D eigenvalue weighted by Crippen LogP contribution is 2.29. The fourth-order valence-corrected chi connectivity index (χ4v) is 3.03. The molecule has 2 nitrogen and oxygen atoms in total. The van der Waals surface area contributed by atoms with Gasteiger partial charge in [-0.25, -0.2) is 0 Å². The average Bonchev–Trinajstić information content (AvgIpc) is 2.85. The Morgan fingerprint density at radius 1 is 1.25 bits per heavy atom. The van der Waals surface area contributed by atoms with Crippen LogP contribution in [0.1, 0.15) is 23.6 Å². The summed E-state index contributed by atoms with van der Waals surface area (Å²) < 4.78 is 6.73. The van der Waals surface area contributed by atoms with Crippen molar-refractivity contribution in [2.45, 2.75) is 33.0 Å². The summed E-state index contributed by atoms with van der Waals surface area (Å²) >= 11 is 11.3. The molecule has 0 saturated carbocycles. The Kier molecular flexibility index (Phi) is 5.90. The van der Waals surface area contributed by atoms with E-state index >= 15 is 0 Å². The Morgan fingerprint density at radius 3 is 2.75 bits per heavy atom. The first-order valence-corrected chi connectivity index (χ1v) is 8.42. The molecule has 2 rings (SSSR count). The van der Waals surface area contributed by atoms with E-state index in [-0.39, 0.29) is 0 Å². The molecular formula is C15H17BrClNOS. The van der Waals surface area contributed by atoms with Gasteiger partial charge in [-0.15, -0.1) is 11.3 Å². The van der Waals surface area contributed by atoms with Crippen molar-refractivity contribution in [1.29, 1.82) is 0 Å². The quantitative estimate of drug-likeness (QED) is 0.746. The molecule has 1 N–H and O–H groups in total. The fraction of sp³-hybridized carbons (Fsp3) is 0.333. The van der Waals surface area contributed by atoms with Crippen LogP contribution in [-0.2, 0) is 13.2 Å². The molecule has 0 fully saturated rings. The maximum absolute atomic E-state index is 6.10. The maximum Gasteiger partial charge on any atom is 0.139 e. The van der Waals surface area contributed by atoms with Crippen LogP contribution in [0.3, 0.4) is 0 Å². The van der Waals surface area contributed by atoms with Crippen LogP contribution >= 0.6 is 38.9 Å². The predicted molar refractivity (Wildman–Crippen MR) is 89.8 cm³/mol. The molecule has 0 aliphatic rings. The maximum atomic E-state index is 6.10. The van der Waals surface area contributed by atoms with E-state index in [1.807, 2.05) is 18.2 Å². The molecule has 1 heterocycles. The minimum atomic E-state index is 0.497. The van der Waals surface area contributed by atoms with Gasteiger partial charge in [0.05, 0.1) is 5.02 Å². The van der Waals surface area contributed by atoms with Gasteiger partial charge in [0.1, 0.15) is 12.4 Å². The van der Waals surface area contributed by atoms with Gasteiger partial charge >= 0.3 is 0 Å². The molecule has 0 atom stereocenters. The smallest absolute Gasteiger partial charge is 0.139 e. The van der Waals surface area contributed by atoms with Gasteiger partial charge in [-0.2, -0.15) is 0 Å². The zero-order valence-corrected chi connectivity index (χ0v) is 14.6. The Bertz CT molecular complexity index is 571. The van der Waals surface area contributed by atoms with E-state index in [0.29, 0.717) is 23.4 Å². The second-order valence-electron chi connectivity index (χ2n) is 4.77. The molecule has 1 aromatic heterocycles. The van der Waals surface area contributed by atoms with Crippen molar-refractivity contribution in [1.82, 2.24) is 5.32 Å². The summed E-state index contributed by atoms with van der Waals surface area (Å²) in [4.78, 5) is 2.51. The number of rotatable bonds is 6. The zero-order valence-electron chi connectivity index (χ0n) is 11.5. The van der Waals surface area contributed by atoms with Crippen molar-refractivity contribution >= 4 is 38.9 Å². The lowest BCUT2D eigenvalue weighted by Gasteiger charge is -2.07. The molecule has 108 valence electrons. The number of nitrogens with one attached hydrogen (secondary N) is 1. The van der Waals surface area contributed by atoms with Gasteiger partial charge in [0.2, 0.25) is 0 Å². The first-order valence-electron chi connectivity index (χ1n) is 6.43. The van der Waals surface area contributed by atoms with Gasteiger partial charge < -0.3 is 10.1 Å². The second-order valence-corrected chi connectivity index (χ2v) is 7.34. The van der Waals surface area contributed by atoms with Gasteiger partial charge in [-0.3, -0.25) is 0 Å². The third kappa shape index (κ3) is 4.77. The summed E-state index contributed by atoms with van der Waals surface area (Å²) in [5, 5.41) is 4.04. The van der Waals surface area contributed by atoms with Crippen LogP contribution in [0.25, 0.3) is 0 Å². The van der Waals surface area contributed by atoms with Crippen LogP contribution in [0, 0.1) is 0 Å². The molecule has 0 unspecified atom stereocenters. The van der Waals surface area contributed by atoms with E-state index in [1.54, 1.807) is 11.3 Å². The summed E-state index contributed by atoms with van der Waals surface area (Å²) in [6.45, 7) is 5.74. The van der Waals surface area contributed by atoms with Crippen molar-refractivity contribution in [2.24, 2.45) is 0 Å². The molecule has 0 saturated heterocycles. The van der Waals surface area contributed by atoms with Gasteiger partial charge in [0, 0.05) is 26.8 Å². The standard InChI is InChI=1S/C15H17BrClNOS/c1-10(2)18-8-12-4-5-13(20-12)9-19-15-7-11(16)3-6-14(15)17/h3-7,10,18H,8-9H2,1-2H3. The van der Waals surface area contributed by atoms with E-state index in [1.165, 1.54) is 9.75 Å². The third-order valence-corrected chi connectivity index (χ3v) is 4.53. The van der Waals surface area contributed by atoms with Crippen LogP contribution in [0.5, 0.6) is 5.75 Å². The van der Waals surface area contributed by atoms with Crippen molar-refractivity contribution < 1.29 is 4.74 Å². The molecule has 0 amide bonds. The number of hydrogen-bond donors (Lipinski definition) is 1. The fourth-order valence-electron chi connectivity index (χ4n) is 1.64. The number of hydrogen-bond acceptors (Lipinski definition) is 3. The van der Waals surface area contributed by atoms with E-state index < -0.39 is 0 Å². The van der Waals surface area contributed by atoms with Crippen LogP contribution in [-0.4, -0.2) is 6.04 Å². The first-order chi connectivity index (χ1) is 9.54. The number of thiophene rings is 1. The molecule has 0 aliphatic heterocycles. The number of benzene rings is 1. The summed E-state index contributed by atoms with van der Waals surface area (Å²) in [6, 6.07) is 10.4. The molecule has 2 aromatic rings. The van der Waals surface area contributed by atoms with Gasteiger partial charge in [-0.05, 0) is 30.3 Å². The highest BCUT2D eigenvalue weighted by Gasteiger charge is 2.05. The SMILES string of the molecule is CC(C)NCc1ccc(COc2cc(Br)ccc2Cl)s1. The van der Waals surface area contributed by atoms with Crippen LogP contribution in [0.4, 0.5) is 0 Å². The monoisotopic (exact) mass is 373 g/mol. The van der Waals surface area contributed by atoms with Crippen LogP contribution in [0.15, 0.2) is 34.8 Å². The van der Waals surface area contributed by atoms with E-state index in [4.69, 9.17) is 16.3 Å². The van der Waals surface area contributed by atoms with Crippen molar-refractivity contribution in [2.75, 3.05) is 0 Å². The van der Waals surface area contributed by atoms with E-state index in [0.717, 1.165) is 11.0 Å². The molecule has 5 heteroatoms. The van der Waals surface area contributed by atoms with Gasteiger partial charge in [0.15, 0.2) is 0 Å². The summed E-state index contributed by atoms with van der Waals surface area (Å²) in [5.74, 6) is 0.705. The van der Waals surface area contributed by atoms with Crippen molar-refractivity contribution in [3.8, 4) is 5.75 Å². The first kappa shape index (κ1) is 15.8. The largest absolute Gasteiger partial charge is 0.486 e. The Hall–Kier alpha value is -0.550. The van der Waals surface area contributed by atoms with Crippen molar-refractivity contribution in [3.05, 3.63) is 49.6 Å². The average molecular weight is 375 g/mol. The minimum absolute atomic E-state index is 0.497. The second kappa shape index (κ2) is 7.46. The highest BCUT2D eigenvalue weighted by molar-refractivity contribution is 9.10. The Labute approximate surface area is 137 Å².